The maximum absolute atomic E-state index is 13.2. The topological polar surface area (TPSA) is 103 Å². The second-order valence-corrected chi connectivity index (χ2v) is 9.04. The average Bonchev–Trinajstić information content (AvgIpc) is 3.07. The fourth-order valence-electron chi connectivity index (χ4n) is 2.91. The standard InChI is InChI=1S/C22H33N3O5S/c1-6-16-19(31)17(30-24-16)12-25(21(27)29-22(3,4)5)20(26)18(23)14(2)28-13-15-10-8-7-9-11-15/h7-11,14,17-19,31H,6,12-13,23H2,1-5H3/t14-,17?,18+,19?/m1/s1. The molecule has 1 aliphatic heterocycles. The lowest BCUT2D eigenvalue weighted by Crippen LogP contribution is -2.55. The van der Waals surface area contributed by atoms with Gasteiger partial charge in [0.25, 0.3) is 5.91 Å². The number of carbonyl (C=O) groups excluding carboxylic acids is 2. The van der Waals surface area contributed by atoms with Crippen molar-refractivity contribution >= 4 is 30.3 Å². The molecular formula is C22H33N3O5S. The summed E-state index contributed by atoms with van der Waals surface area (Å²) in [5.74, 6) is -0.608. The lowest BCUT2D eigenvalue weighted by molar-refractivity contribution is -0.137. The summed E-state index contributed by atoms with van der Waals surface area (Å²) in [6.45, 7) is 9.04. The van der Waals surface area contributed by atoms with Gasteiger partial charge in [-0.15, -0.1) is 0 Å². The van der Waals surface area contributed by atoms with Crippen LogP contribution in [0.1, 0.15) is 46.6 Å². The van der Waals surface area contributed by atoms with Crippen molar-refractivity contribution in [3.05, 3.63) is 35.9 Å². The monoisotopic (exact) mass is 451 g/mol. The molecule has 1 aromatic rings. The van der Waals surface area contributed by atoms with Crippen molar-refractivity contribution < 1.29 is 23.9 Å². The van der Waals surface area contributed by atoms with Gasteiger partial charge in [-0.25, -0.2) is 9.69 Å². The first-order chi connectivity index (χ1) is 14.5. The molecule has 1 aromatic carbocycles. The van der Waals surface area contributed by atoms with E-state index < -0.39 is 35.9 Å². The molecule has 2 unspecified atom stereocenters. The number of benzene rings is 1. The molecule has 2 N–H and O–H groups in total. The number of rotatable bonds is 8. The normalized spacial score (nSPS) is 20.4. The van der Waals surface area contributed by atoms with Gasteiger partial charge < -0.3 is 20.0 Å². The molecule has 0 spiro atoms. The molecule has 9 heteroatoms. The summed E-state index contributed by atoms with van der Waals surface area (Å²) < 4.78 is 11.2. The minimum Gasteiger partial charge on any atom is -0.443 e. The first-order valence-corrected chi connectivity index (χ1v) is 10.9. The summed E-state index contributed by atoms with van der Waals surface area (Å²) in [6.07, 6.45) is -1.34. The highest BCUT2D eigenvalue weighted by molar-refractivity contribution is 7.82. The van der Waals surface area contributed by atoms with Crippen LogP contribution in [0.4, 0.5) is 4.79 Å². The Morgan fingerprint density at radius 1 is 1.29 bits per heavy atom. The van der Waals surface area contributed by atoms with E-state index in [4.69, 9.17) is 20.0 Å². The SMILES string of the molecule is CCC1=NOC(CN(C(=O)OC(C)(C)C)C(=O)[C@@H](N)[C@@H](C)OCc2ccccc2)C1S. The lowest BCUT2D eigenvalue weighted by atomic mass is 10.1. The number of nitrogens with zero attached hydrogens (tertiary/aromatic N) is 2. The number of nitrogens with two attached hydrogens (primary N) is 1. The third kappa shape index (κ3) is 7.22. The molecular weight excluding hydrogens is 418 g/mol. The highest BCUT2D eigenvalue weighted by atomic mass is 32.1. The van der Waals surface area contributed by atoms with Crippen molar-refractivity contribution in [1.82, 2.24) is 4.90 Å². The maximum Gasteiger partial charge on any atom is 0.417 e. The van der Waals surface area contributed by atoms with Crippen LogP contribution in [-0.4, -0.2) is 58.3 Å². The summed E-state index contributed by atoms with van der Waals surface area (Å²) in [7, 11) is 0. The smallest absolute Gasteiger partial charge is 0.417 e. The number of hydrogen-bond donors (Lipinski definition) is 2. The molecule has 1 aliphatic rings. The largest absolute Gasteiger partial charge is 0.443 e. The second kappa shape index (κ2) is 11.0. The number of amides is 2. The van der Waals surface area contributed by atoms with E-state index in [1.807, 2.05) is 37.3 Å². The minimum atomic E-state index is -1.07. The molecule has 8 nitrogen and oxygen atoms in total. The van der Waals surface area contributed by atoms with Gasteiger partial charge >= 0.3 is 6.09 Å². The predicted molar refractivity (Wildman–Crippen MR) is 122 cm³/mol. The third-order valence-corrected chi connectivity index (χ3v) is 5.38. The van der Waals surface area contributed by atoms with Gasteiger partial charge in [-0.3, -0.25) is 4.79 Å². The van der Waals surface area contributed by atoms with Crippen molar-refractivity contribution in [3.63, 3.8) is 0 Å². The van der Waals surface area contributed by atoms with Gasteiger partial charge in [-0.2, -0.15) is 12.6 Å². The highest BCUT2D eigenvalue weighted by Crippen LogP contribution is 2.22. The van der Waals surface area contributed by atoms with Crippen LogP contribution in [0.3, 0.4) is 0 Å². The van der Waals surface area contributed by atoms with Crippen molar-refractivity contribution in [3.8, 4) is 0 Å². The van der Waals surface area contributed by atoms with Crippen LogP contribution in [0.25, 0.3) is 0 Å². The van der Waals surface area contributed by atoms with E-state index in [0.29, 0.717) is 13.0 Å². The molecule has 0 aromatic heterocycles. The number of imide groups is 1. The molecule has 31 heavy (non-hydrogen) atoms. The van der Waals surface area contributed by atoms with Crippen LogP contribution in [0.2, 0.25) is 0 Å². The van der Waals surface area contributed by atoms with Gasteiger partial charge in [0.1, 0.15) is 11.6 Å². The molecule has 172 valence electrons. The average molecular weight is 452 g/mol. The molecule has 0 saturated carbocycles. The zero-order chi connectivity index (χ0) is 23.2. The Balaban J connectivity index is 2.09. The van der Waals surface area contributed by atoms with E-state index in [1.54, 1.807) is 27.7 Å². The quantitative estimate of drug-likeness (QED) is 0.589. The first-order valence-electron chi connectivity index (χ1n) is 10.4. The molecule has 2 rings (SSSR count). The second-order valence-electron chi connectivity index (χ2n) is 8.48. The molecule has 1 heterocycles. The number of thiol groups is 1. The van der Waals surface area contributed by atoms with Crippen LogP contribution < -0.4 is 5.73 Å². The van der Waals surface area contributed by atoms with Crippen LogP contribution in [-0.2, 0) is 25.7 Å². The van der Waals surface area contributed by atoms with E-state index in [-0.39, 0.29) is 11.8 Å². The van der Waals surface area contributed by atoms with Crippen molar-refractivity contribution in [2.45, 2.75) is 76.7 Å². The van der Waals surface area contributed by atoms with Gasteiger partial charge in [0, 0.05) is 0 Å². The Kier molecular flexibility index (Phi) is 8.90. The number of carbonyl (C=O) groups is 2. The summed E-state index contributed by atoms with van der Waals surface area (Å²) in [5.41, 5.74) is 7.11. The number of ether oxygens (including phenoxy) is 2. The molecule has 0 radical (unpaired) electrons. The Morgan fingerprint density at radius 3 is 2.48 bits per heavy atom. The summed E-state index contributed by atoms with van der Waals surface area (Å²) in [6, 6.07) is 8.49. The van der Waals surface area contributed by atoms with Crippen LogP contribution in [0.5, 0.6) is 0 Å². The van der Waals surface area contributed by atoms with Gasteiger partial charge in [0.15, 0.2) is 6.10 Å². The zero-order valence-electron chi connectivity index (χ0n) is 18.8. The van der Waals surface area contributed by atoms with Gasteiger partial charge in [-0.1, -0.05) is 42.4 Å². The third-order valence-electron chi connectivity index (χ3n) is 4.75. The van der Waals surface area contributed by atoms with E-state index in [9.17, 15) is 9.59 Å². The van der Waals surface area contributed by atoms with Crippen LogP contribution in [0.15, 0.2) is 35.5 Å². The maximum atomic E-state index is 13.2. The van der Waals surface area contributed by atoms with E-state index >= 15 is 0 Å². The molecule has 0 fully saturated rings. The molecule has 2 amide bonds. The van der Waals surface area contributed by atoms with E-state index in [0.717, 1.165) is 16.2 Å². The van der Waals surface area contributed by atoms with Crippen molar-refractivity contribution in [1.29, 1.82) is 0 Å². The summed E-state index contributed by atoms with van der Waals surface area (Å²) in [4.78, 5) is 32.4. The molecule has 4 atom stereocenters. The lowest BCUT2D eigenvalue weighted by Gasteiger charge is -2.31. The Labute approximate surface area is 189 Å². The predicted octanol–water partition coefficient (Wildman–Crippen LogP) is 3.15. The van der Waals surface area contributed by atoms with Crippen molar-refractivity contribution in [2.75, 3.05) is 6.54 Å². The van der Waals surface area contributed by atoms with Crippen LogP contribution in [0, 0.1) is 0 Å². The van der Waals surface area contributed by atoms with Crippen molar-refractivity contribution in [2.24, 2.45) is 10.9 Å². The fraction of sp³-hybridized carbons (Fsp3) is 0.591. The Morgan fingerprint density at radius 2 is 1.94 bits per heavy atom. The molecule has 0 saturated heterocycles. The zero-order valence-corrected chi connectivity index (χ0v) is 19.7. The summed E-state index contributed by atoms with van der Waals surface area (Å²) >= 11 is 4.52. The number of hydrogen-bond acceptors (Lipinski definition) is 8. The fourth-order valence-corrected chi connectivity index (χ4v) is 3.28. The Bertz CT molecular complexity index is 781. The van der Waals surface area contributed by atoms with Gasteiger partial charge in [-0.05, 0) is 39.7 Å². The first kappa shape index (κ1) is 25.2. The van der Waals surface area contributed by atoms with E-state index in [1.165, 1.54) is 0 Å². The highest BCUT2D eigenvalue weighted by Gasteiger charge is 2.39. The van der Waals surface area contributed by atoms with E-state index in [2.05, 4.69) is 17.8 Å². The Hall–Kier alpha value is -2.10. The van der Waals surface area contributed by atoms with Gasteiger partial charge in [0.05, 0.1) is 30.2 Å². The molecule has 0 aliphatic carbocycles. The minimum absolute atomic E-state index is 0.0754. The van der Waals surface area contributed by atoms with Gasteiger partial charge in [0.2, 0.25) is 0 Å². The summed E-state index contributed by atoms with van der Waals surface area (Å²) in [5, 5.41) is 3.67. The number of oxime groups is 1. The molecule has 0 bridgehead atoms. The van der Waals surface area contributed by atoms with Crippen LogP contribution >= 0.6 is 12.6 Å².